The van der Waals surface area contributed by atoms with Gasteiger partial charge in [-0.3, -0.25) is 0 Å². The lowest BCUT2D eigenvalue weighted by atomic mass is 10.1. The minimum atomic E-state index is -0.408. The fourth-order valence-corrected chi connectivity index (χ4v) is 1.63. The lowest BCUT2D eigenvalue weighted by molar-refractivity contribution is 0.386. The third-order valence-corrected chi connectivity index (χ3v) is 2.51. The largest absolute Gasteiger partial charge is 0.494 e. The molecular formula is C11H8BrFN2O. The van der Waals surface area contributed by atoms with Crippen LogP contribution in [-0.2, 0) is 0 Å². The summed E-state index contributed by atoms with van der Waals surface area (Å²) >= 11 is 3.24. The monoisotopic (exact) mass is 282 g/mol. The fraction of sp³-hybridized carbons (Fsp3) is 0.0909. The van der Waals surface area contributed by atoms with Crippen molar-refractivity contribution in [2.45, 2.75) is 0 Å². The molecule has 0 saturated heterocycles. The van der Waals surface area contributed by atoms with Crippen LogP contribution in [0.5, 0.6) is 5.75 Å². The van der Waals surface area contributed by atoms with Crippen LogP contribution in [0.25, 0.3) is 11.3 Å². The Bertz CT molecular complexity index is 519. The maximum atomic E-state index is 13.5. The molecule has 82 valence electrons. The zero-order valence-corrected chi connectivity index (χ0v) is 10.0. The van der Waals surface area contributed by atoms with E-state index in [-0.39, 0.29) is 5.75 Å². The molecule has 0 fully saturated rings. The molecule has 0 amide bonds. The minimum absolute atomic E-state index is 0.219. The van der Waals surface area contributed by atoms with Crippen molar-refractivity contribution < 1.29 is 9.13 Å². The van der Waals surface area contributed by atoms with Gasteiger partial charge in [0.15, 0.2) is 11.6 Å². The summed E-state index contributed by atoms with van der Waals surface area (Å²) in [6.45, 7) is 0. The van der Waals surface area contributed by atoms with Crippen LogP contribution in [0.4, 0.5) is 4.39 Å². The van der Waals surface area contributed by atoms with Crippen LogP contribution in [0.3, 0.4) is 0 Å². The van der Waals surface area contributed by atoms with Crippen molar-refractivity contribution in [1.29, 1.82) is 0 Å². The zero-order chi connectivity index (χ0) is 11.5. The van der Waals surface area contributed by atoms with Gasteiger partial charge in [0.2, 0.25) is 0 Å². The predicted molar refractivity (Wildman–Crippen MR) is 61.7 cm³/mol. The number of ether oxygens (including phenoxy) is 1. The first-order valence-electron chi connectivity index (χ1n) is 4.52. The summed E-state index contributed by atoms with van der Waals surface area (Å²) in [6, 6.07) is 6.42. The van der Waals surface area contributed by atoms with Crippen LogP contribution < -0.4 is 4.74 Å². The van der Waals surface area contributed by atoms with E-state index in [1.807, 2.05) is 0 Å². The average Bonchev–Trinajstić information content (AvgIpc) is 2.29. The Kier molecular flexibility index (Phi) is 3.14. The van der Waals surface area contributed by atoms with Gasteiger partial charge in [-0.05, 0) is 40.2 Å². The van der Waals surface area contributed by atoms with Crippen LogP contribution in [0.2, 0.25) is 0 Å². The van der Waals surface area contributed by atoms with Crippen LogP contribution in [-0.4, -0.2) is 17.1 Å². The molecule has 1 aromatic heterocycles. The van der Waals surface area contributed by atoms with E-state index in [9.17, 15) is 4.39 Å². The standard InChI is InChI=1S/C11H8BrFN2O/c1-16-10-3-2-7(4-8(10)13)9-5-11(12)15-6-14-9/h2-6H,1H3. The number of methoxy groups -OCH3 is 1. The Morgan fingerprint density at radius 3 is 2.69 bits per heavy atom. The van der Waals surface area contributed by atoms with Crippen molar-refractivity contribution >= 4 is 15.9 Å². The van der Waals surface area contributed by atoms with E-state index >= 15 is 0 Å². The molecule has 0 N–H and O–H groups in total. The molecule has 0 saturated carbocycles. The number of hydrogen-bond acceptors (Lipinski definition) is 3. The number of aromatic nitrogens is 2. The summed E-state index contributed by atoms with van der Waals surface area (Å²) in [5, 5.41) is 0. The SMILES string of the molecule is COc1ccc(-c2cc(Br)ncn2)cc1F. The highest BCUT2D eigenvalue weighted by Crippen LogP contribution is 2.24. The smallest absolute Gasteiger partial charge is 0.165 e. The summed E-state index contributed by atoms with van der Waals surface area (Å²) in [6.07, 6.45) is 1.42. The van der Waals surface area contributed by atoms with Crippen LogP contribution in [0.15, 0.2) is 35.2 Å². The first-order valence-corrected chi connectivity index (χ1v) is 5.31. The molecule has 0 aliphatic carbocycles. The van der Waals surface area contributed by atoms with Crippen molar-refractivity contribution in [3.05, 3.63) is 41.0 Å². The fourth-order valence-electron chi connectivity index (χ4n) is 1.32. The maximum Gasteiger partial charge on any atom is 0.165 e. The molecule has 2 aromatic rings. The Hall–Kier alpha value is -1.49. The second-order valence-electron chi connectivity index (χ2n) is 3.08. The molecule has 1 heterocycles. The van der Waals surface area contributed by atoms with Gasteiger partial charge in [0, 0.05) is 5.56 Å². The van der Waals surface area contributed by atoms with Gasteiger partial charge >= 0.3 is 0 Å². The second-order valence-corrected chi connectivity index (χ2v) is 3.89. The summed E-state index contributed by atoms with van der Waals surface area (Å²) in [5.41, 5.74) is 1.34. The van der Waals surface area contributed by atoms with Gasteiger partial charge in [-0.15, -0.1) is 0 Å². The molecule has 0 atom stereocenters. The van der Waals surface area contributed by atoms with Gasteiger partial charge in [-0.2, -0.15) is 0 Å². The normalized spacial score (nSPS) is 10.2. The zero-order valence-electron chi connectivity index (χ0n) is 8.45. The molecule has 0 bridgehead atoms. The summed E-state index contributed by atoms with van der Waals surface area (Å²) in [7, 11) is 1.43. The molecule has 1 aromatic carbocycles. The van der Waals surface area contributed by atoms with Gasteiger partial charge in [0.05, 0.1) is 12.8 Å². The van der Waals surface area contributed by atoms with Crippen LogP contribution in [0, 0.1) is 5.82 Å². The van der Waals surface area contributed by atoms with E-state index in [2.05, 4.69) is 25.9 Å². The van der Waals surface area contributed by atoms with E-state index in [0.717, 1.165) is 0 Å². The molecule has 2 rings (SSSR count). The number of hydrogen-bond donors (Lipinski definition) is 0. The van der Waals surface area contributed by atoms with Crippen molar-refractivity contribution in [2.75, 3.05) is 7.11 Å². The molecule has 0 spiro atoms. The van der Waals surface area contributed by atoms with Crippen molar-refractivity contribution in [3.8, 4) is 17.0 Å². The van der Waals surface area contributed by atoms with Crippen LogP contribution >= 0.6 is 15.9 Å². The molecule has 16 heavy (non-hydrogen) atoms. The number of nitrogens with zero attached hydrogens (tertiary/aromatic N) is 2. The maximum absolute atomic E-state index is 13.5. The molecule has 0 aliphatic heterocycles. The molecule has 3 nitrogen and oxygen atoms in total. The Morgan fingerprint density at radius 2 is 2.06 bits per heavy atom. The number of rotatable bonds is 2. The summed E-state index contributed by atoms with van der Waals surface area (Å²) < 4.78 is 19.0. The van der Waals surface area contributed by atoms with Gasteiger partial charge in [0.25, 0.3) is 0 Å². The Morgan fingerprint density at radius 1 is 1.25 bits per heavy atom. The highest BCUT2D eigenvalue weighted by atomic mass is 79.9. The van der Waals surface area contributed by atoms with Gasteiger partial charge in [-0.25, -0.2) is 14.4 Å². The van der Waals surface area contributed by atoms with E-state index in [1.54, 1.807) is 18.2 Å². The van der Waals surface area contributed by atoms with Gasteiger partial charge in [0.1, 0.15) is 10.9 Å². The van der Waals surface area contributed by atoms with Gasteiger partial charge in [-0.1, -0.05) is 0 Å². The Balaban J connectivity index is 2.45. The Labute approximate surface area is 100 Å². The molecule has 0 radical (unpaired) electrons. The first-order chi connectivity index (χ1) is 7.70. The summed E-state index contributed by atoms with van der Waals surface area (Å²) in [4.78, 5) is 7.97. The summed E-state index contributed by atoms with van der Waals surface area (Å²) in [5.74, 6) is -0.188. The number of benzene rings is 1. The highest BCUT2D eigenvalue weighted by molar-refractivity contribution is 9.10. The second kappa shape index (κ2) is 4.57. The predicted octanol–water partition coefficient (Wildman–Crippen LogP) is 3.05. The topological polar surface area (TPSA) is 35.0 Å². The molecule has 0 unspecified atom stereocenters. The third-order valence-electron chi connectivity index (χ3n) is 2.08. The number of halogens is 2. The highest BCUT2D eigenvalue weighted by Gasteiger charge is 2.06. The lowest BCUT2D eigenvalue weighted by Gasteiger charge is -2.04. The van der Waals surface area contributed by atoms with Crippen molar-refractivity contribution in [2.24, 2.45) is 0 Å². The van der Waals surface area contributed by atoms with E-state index in [1.165, 1.54) is 19.5 Å². The van der Waals surface area contributed by atoms with Crippen LogP contribution in [0.1, 0.15) is 0 Å². The quantitative estimate of drug-likeness (QED) is 0.794. The third kappa shape index (κ3) is 2.19. The average molecular weight is 283 g/mol. The van der Waals surface area contributed by atoms with E-state index < -0.39 is 5.82 Å². The van der Waals surface area contributed by atoms with Crippen molar-refractivity contribution in [3.63, 3.8) is 0 Å². The van der Waals surface area contributed by atoms with Gasteiger partial charge < -0.3 is 4.74 Å². The lowest BCUT2D eigenvalue weighted by Crippen LogP contribution is -1.90. The van der Waals surface area contributed by atoms with E-state index in [0.29, 0.717) is 15.9 Å². The minimum Gasteiger partial charge on any atom is -0.494 e. The van der Waals surface area contributed by atoms with Crippen molar-refractivity contribution in [1.82, 2.24) is 9.97 Å². The first kappa shape index (κ1) is 11.0. The molecule has 5 heteroatoms. The molecule has 0 aliphatic rings. The van der Waals surface area contributed by atoms with E-state index in [4.69, 9.17) is 4.74 Å². The molecular weight excluding hydrogens is 275 g/mol.